The first kappa shape index (κ1) is 21.3. The number of hydrogen-bond donors (Lipinski definition) is 0. The van der Waals surface area contributed by atoms with E-state index >= 15 is 0 Å². The zero-order valence-corrected chi connectivity index (χ0v) is 17.7. The SMILES string of the molecule is COc1ccc2c(COC(=O)c3ccccc3C(=O)c3ccc(Cl)cc3)cc(=O)oc2c1. The summed E-state index contributed by atoms with van der Waals surface area (Å²) in [7, 11) is 1.51. The molecule has 0 saturated heterocycles. The van der Waals surface area contributed by atoms with Crippen LogP contribution in [0.2, 0.25) is 5.02 Å². The minimum absolute atomic E-state index is 0.126. The van der Waals surface area contributed by atoms with Gasteiger partial charge in [-0.15, -0.1) is 0 Å². The maximum Gasteiger partial charge on any atom is 0.339 e. The van der Waals surface area contributed by atoms with Crippen LogP contribution in [0.4, 0.5) is 0 Å². The van der Waals surface area contributed by atoms with Crippen molar-refractivity contribution in [1.29, 1.82) is 0 Å². The molecule has 0 radical (unpaired) electrons. The molecule has 1 heterocycles. The maximum absolute atomic E-state index is 12.9. The number of methoxy groups -OCH3 is 1. The minimum Gasteiger partial charge on any atom is -0.497 e. The van der Waals surface area contributed by atoms with E-state index in [9.17, 15) is 14.4 Å². The fraction of sp³-hybridized carbons (Fsp3) is 0.0800. The van der Waals surface area contributed by atoms with Crippen LogP contribution in [-0.4, -0.2) is 18.9 Å². The molecule has 0 fully saturated rings. The first-order valence-corrected chi connectivity index (χ1v) is 10.0. The number of ketones is 1. The average molecular weight is 449 g/mol. The van der Waals surface area contributed by atoms with Gasteiger partial charge in [0, 0.05) is 39.2 Å². The van der Waals surface area contributed by atoms with Crippen LogP contribution in [0.25, 0.3) is 11.0 Å². The predicted octanol–water partition coefficient (Wildman–Crippen LogP) is 5.04. The molecule has 0 spiro atoms. The lowest BCUT2D eigenvalue weighted by Gasteiger charge is -2.11. The fourth-order valence-corrected chi connectivity index (χ4v) is 3.42. The van der Waals surface area contributed by atoms with Crippen LogP contribution in [0.5, 0.6) is 5.75 Å². The standard InChI is InChI=1S/C25H17ClO6/c1-30-18-10-11-19-16(12-23(27)32-22(19)13-18)14-31-25(29)21-5-3-2-4-20(21)24(28)15-6-8-17(26)9-7-15/h2-13H,14H2,1H3. The monoisotopic (exact) mass is 448 g/mol. The van der Waals surface area contributed by atoms with Crippen LogP contribution in [0.15, 0.2) is 82.0 Å². The second-order valence-electron chi connectivity index (χ2n) is 6.91. The van der Waals surface area contributed by atoms with Gasteiger partial charge in [-0.05, 0) is 42.5 Å². The summed E-state index contributed by atoms with van der Waals surface area (Å²) in [6, 6.07) is 19.1. The summed E-state index contributed by atoms with van der Waals surface area (Å²) in [5, 5.41) is 1.12. The second kappa shape index (κ2) is 9.08. The highest BCUT2D eigenvalue weighted by Gasteiger charge is 2.20. The lowest BCUT2D eigenvalue weighted by atomic mass is 9.98. The molecule has 6 nitrogen and oxygen atoms in total. The lowest BCUT2D eigenvalue weighted by molar-refractivity contribution is 0.0471. The Hall–Kier alpha value is -3.90. The Labute approximate surface area is 188 Å². The van der Waals surface area contributed by atoms with Crippen LogP contribution in [0.1, 0.15) is 31.8 Å². The van der Waals surface area contributed by atoms with E-state index in [1.165, 1.54) is 19.2 Å². The first-order chi connectivity index (χ1) is 15.5. The highest BCUT2D eigenvalue weighted by atomic mass is 35.5. The van der Waals surface area contributed by atoms with Crippen LogP contribution in [-0.2, 0) is 11.3 Å². The third kappa shape index (κ3) is 4.40. The van der Waals surface area contributed by atoms with E-state index in [1.807, 2.05) is 0 Å². The summed E-state index contributed by atoms with van der Waals surface area (Å²) >= 11 is 5.89. The number of hydrogen-bond acceptors (Lipinski definition) is 6. The highest BCUT2D eigenvalue weighted by Crippen LogP contribution is 2.24. The Bertz CT molecular complexity index is 1370. The van der Waals surface area contributed by atoms with Crippen molar-refractivity contribution in [3.63, 3.8) is 0 Å². The summed E-state index contributed by atoms with van der Waals surface area (Å²) in [5.74, 6) is -0.477. The van der Waals surface area contributed by atoms with Gasteiger partial charge in [0.15, 0.2) is 5.78 Å². The zero-order chi connectivity index (χ0) is 22.7. The molecule has 0 aliphatic heterocycles. The molecule has 32 heavy (non-hydrogen) atoms. The second-order valence-corrected chi connectivity index (χ2v) is 7.35. The zero-order valence-electron chi connectivity index (χ0n) is 17.0. The molecule has 0 aliphatic carbocycles. The lowest BCUT2D eigenvalue weighted by Crippen LogP contribution is -2.13. The van der Waals surface area contributed by atoms with Crippen LogP contribution in [0, 0.1) is 0 Å². The molecular formula is C25H17ClO6. The molecule has 4 rings (SSSR count). The van der Waals surface area contributed by atoms with Crippen molar-refractivity contribution in [1.82, 2.24) is 0 Å². The van der Waals surface area contributed by atoms with E-state index < -0.39 is 11.6 Å². The quantitative estimate of drug-likeness (QED) is 0.233. The summed E-state index contributed by atoms with van der Waals surface area (Å²) in [6.07, 6.45) is 0. The molecule has 4 aromatic rings. The van der Waals surface area contributed by atoms with Gasteiger partial charge >= 0.3 is 11.6 Å². The number of ether oxygens (including phenoxy) is 2. The molecule has 7 heteroatoms. The largest absolute Gasteiger partial charge is 0.497 e. The molecule has 0 N–H and O–H groups in total. The number of halogens is 1. The Kier molecular flexibility index (Phi) is 6.05. The van der Waals surface area contributed by atoms with Gasteiger partial charge < -0.3 is 13.9 Å². The number of carbonyl (C=O) groups is 2. The maximum atomic E-state index is 12.9. The van der Waals surface area contributed by atoms with Crippen molar-refractivity contribution < 1.29 is 23.5 Å². The molecule has 0 atom stereocenters. The molecule has 1 aromatic heterocycles. The van der Waals surface area contributed by atoms with Crippen molar-refractivity contribution >= 4 is 34.3 Å². The van der Waals surface area contributed by atoms with Crippen molar-refractivity contribution in [2.24, 2.45) is 0 Å². The van der Waals surface area contributed by atoms with Gasteiger partial charge in [-0.3, -0.25) is 4.79 Å². The Morgan fingerprint density at radius 2 is 1.66 bits per heavy atom. The third-order valence-electron chi connectivity index (χ3n) is 4.89. The average Bonchev–Trinajstić information content (AvgIpc) is 2.81. The number of fused-ring (bicyclic) bond motifs is 1. The number of esters is 1. The van der Waals surface area contributed by atoms with E-state index in [0.717, 1.165) is 0 Å². The molecule has 0 bridgehead atoms. The number of benzene rings is 3. The van der Waals surface area contributed by atoms with Crippen molar-refractivity contribution in [3.8, 4) is 5.75 Å². The predicted molar refractivity (Wildman–Crippen MR) is 119 cm³/mol. The molecule has 0 amide bonds. The Balaban J connectivity index is 1.60. The van der Waals surface area contributed by atoms with Crippen molar-refractivity contribution in [3.05, 3.63) is 110 Å². The molecule has 160 valence electrons. The van der Waals surface area contributed by atoms with Crippen molar-refractivity contribution in [2.75, 3.05) is 7.11 Å². The van der Waals surface area contributed by atoms with Gasteiger partial charge in [0.2, 0.25) is 0 Å². The van der Waals surface area contributed by atoms with Gasteiger partial charge in [0.1, 0.15) is 17.9 Å². The van der Waals surface area contributed by atoms with Crippen LogP contribution >= 0.6 is 11.6 Å². The molecule has 0 unspecified atom stereocenters. The summed E-state index contributed by atoms with van der Waals surface area (Å²) < 4.78 is 15.8. The summed E-state index contributed by atoms with van der Waals surface area (Å²) in [4.78, 5) is 37.7. The highest BCUT2D eigenvalue weighted by molar-refractivity contribution is 6.30. The molecule has 3 aromatic carbocycles. The van der Waals surface area contributed by atoms with E-state index in [4.69, 9.17) is 25.5 Å². The van der Waals surface area contributed by atoms with Gasteiger partial charge in [0.05, 0.1) is 12.7 Å². The van der Waals surface area contributed by atoms with Gasteiger partial charge in [-0.1, -0.05) is 29.8 Å². The van der Waals surface area contributed by atoms with Gasteiger partial charge in [0.25, 0.3) is 0 Å². The normalized spacial score (nSPS) is 10.7. The topological polar surface area (TPSA) is 82.8 Å². The minimum atomic E-state index is -0.683. The first-order valence-electron chi connectivity index (χ1n) is 9.63. The molecule has 0 saturated carbocycles. The number of carbonyl (C=O) groups excluding carboxylic acids is 2. The Morgan fingerprint density at radius 3 is 2.38 bits per heavy atom. The third-order valence-corrected chi connectivity index (χ3v) is 5.15. The molecular weight excluding hydrogens is 432 g/mol. The van der Waals surface area contributed by atoms with E-state index in [2.05, 4.69) is 0 Å². The van der Waals surface area contributed by atoms with Gasteiger partial charge in [-0.2, -0.15) is 0 Å². The van der Waals surface area contributed by atoms with E-state index in [-0.39, 0.29) is 23.5 Å². The summed E-state index contributed by atoms with van der Waals surface area (Å²) in [6.45, 7) is -0.170. The van der Waals surface area contributed by atoms with E-state index in [0.29, 0.717) is 32.9 Å². The summed E-state index contributed by atoms with van der Waals surface area (Å²) in [5.41, 5.74) is 0.962. The Morgan fingerprint density at radius 1 is 0.938 bits per heavy atom. The molecule has 0 aliphatic rings. The fourth-order valence-electron chi connectivity index (χ4n) is 3.29. The van der Waals surface area contributed by atoms with Gasteiger partial charge in [-0.25, -0.2) is 9.59 Å². The smallest absolute Gasteiger partial charge is 0.339 e. The van der Waals surface area contributed by atoms with Crippen molar-refractivity contribution in [2.45, 2.75) is 6.61 Å². The van der Waals surface area contributed by atoms with Crippen LogP contribution < -0.4 is 10.4 Å². The van der Waals surface area contributed by atoms with Crippen LogP contribution in [0.3, 0.4) is 0 Å². The number of rotatable bonds is 6. The van der Waals surface area contributed by atoms with E-state index in [1.54, 1.807) is 60.7 Å².